The van der Waals surface area contributed by atoms with Crippen LogP contribution in [0.5, 0.6) is 0 Å². The zero-order valence-corrected chi connectivity index (χ0v) is 16.9. The first-order valence-electron chi connectivity index (χ1n) is 9.55. The lowest BCUT2D eigenvalue weighted by Crippen LogP contribution is -2.43. The number of hydrogen-bond acceptors (Lipinski definition) is 4. The van der Waals surface area contributed by atoms with Crippen molar-refractivity contribution in [3.8, 4) is 0 Å². The van der Waals surface area contributed by atoms with E-state index in [0.717, 1.165) is 19.3 Å². The maximum Gasteiger partial charge on any atom is 0.246 e. The van der Waals surface area contributed by atoms with Crippen LogP contribution in [0.25, 0.3) is 0 Å². The number of pyridine rings is 1. The number of carbonyl (C=O) groups is 1. The molecule has 0 saturated carbocycles. The third kappa shape index (κ3) is 5.09. The van der Waals surface area contributed by atoms with Gasteiger partial charge in [-0.25, -0.2) is 13.4 Å². The number of carbonyl (C=O) groups excluding carboxylic acids is 1. The highest BCUT2D eigenvalue weighted by Gasteiger charge is 2.33. The average Bonchev–Trinajstić information content (AvgIpc) is 2.69. The molecule has 8 heteroatoms. The van der Waals surface area contributed by atoms with Crippen LogP contribution < -0.4 is 5.32 Å². The standard InChI is InChI=1S/C19H26ClN3O3S/c20-18-17(7-4-11-21-18)27(25,26)23-13-9-16(10-14-23)19(24)22-12-8-15-5-2-1-3-6-15/h4-5,7,11,16H,1-3,6,8-10,12-14H2,(H,22,24). The van der Waals surface area contributed by atoms with E-state index in [0.29, 0.717) is 32.5 Å². The van der Waals surface area contributed by atoms with Gasteiger partial charge >= 0.3 is 0 Å². The first kappa shape index (κ1) is 20.3. The Bertz CT molecular complexity index is 802. The lowest BCUT2D eigenvalue weighted by Gasteiger charge is -2.30. The fourth-order valence-electron chi connectivity index (χ4n) is 3.68. The molecule has 2 heterocycles. The molecular formula is C19H26ClN3O3S. The van der Waals surface area contributed by atoms with Gasteiger partial charge in [-0.05, 0) is 57.1 Å². The predicted octanol–water partition coefficient (Wildman–Crippen LogP) is 3.14. The second-order valence-corrected chi connectivity index (χ2v) is 9.38. The van der Waals surface area contributed by atoms with Gasteiger partial charge in [-0.3, -0.25) is 4.79 Å². The summed E-state index contributed by atoms with van der Waals surface area (Å²) >= 11 is 5.94. The van der Waals surface area contributed by atoms with Crippen LogP contribution in [0.3, 0.4) is 0 Å². The molecule has 148 valence electrons. The Balaban J connectivity index is 1.49. The summed E-state index contributed by atoms with van der Waals surface area (Å²) in [6.07, 6.45) is 10.5. The number of hydrogen-bond donors (Lipinski definition) is 1. The highest BCUT2D eigenvalue weighted by atomic mass is 35.5. The summed E-state index contributed by atoms with van der Waals surface area (Å²) in [4.78, 5) is 16.3. The van der Waals surface area contributed by atoms with Crippen molar-refractivity contribution in [1.29, 1.82) is 0 Å². The van der Waals surface area contributed by atoms with Gasteiger partial charge in [0.05, 0.1) is 0 Å². The predicted molar refractivity (Wildman–Crippen MR) is 105 cm³/mol. The largest absolute Gasteiger partial charge is 0.356 e. The topological polar surface area (TPSA) is 79.4 Å². The van der Waals surface area contributed by atoms with Crippen molar-refractivity contribution in [2.75, 3.05) is 19.6 Å². The molecule has 0 bridgehead atoms. The first-order chi connectivity index (χ1) is 13.0. The molecule has 1 fully saturated rings. The number of piperidine rings is 1. The Kier molecular flexibility index (Phi) is 6.89. The van der Waals surface area contributed by atoms with Crippen molar-refractivity contribution in [2.45, 2.75) is 49.8 Å². The van der Waals surface area contributed by atoms with Crippen LogP contribution in [0, 0.1) is 5.92 Å². The number of amides is 1. The summed E-state index contributed by atoms with van der Waals surface area (Å²) in [5.41, 5.74) is 1.44. The molecular weight excluding hydrogens is 386 g/mol. The summed E-state index contributed by atoms with van der Waals surface area (Å²) in [7, 11) is -3.67. The second-order valence-electron chi connectivity index (χ2n) is 7.12. The summed E-state index contributed by atoms with van der Waals surface area (Å²) in [6.45, 7) is 1.29. The van der Waals surface area contributed by atoms with Gasteiger partial charge in [0.15, 0.2) is 0 Å². The van der Waals surface area contributed by atoms with E-state index in [-0.39, 0.29) is 21.9 Å². The summed E-state index contributed by atoms with van der Waals surface area (Å²) in [6, 6.07) is 3.02. The maximum atomic E-state index is 12.7. The zero-order valence-electron chi connectivity index (χ0n) is 15.4. The number of nitrogens with one attached hydrogen (secondary N) is 1. The van der Waals surface area contributed by atoms with Gasteiger partial charge in [0, 0.05) is 31.7 Å². The Morgan fingerprint density at radius 2 is 2.07 bits per heavy atom. The van der Waals surface area contributed by atoms with Crippen LogP contribution in [-0.4, -0.2) is 43.2 Å². The van der Waals surface area contributed by atoms with E-state index in [1.807, 2.05) is 0 Å². The Hall–Kier alpha value is -1.44. The molecule has 1 aliphatic heterocycles. The maximum absolute atomic E-state index is 12.7. The number of sulfonamides is 1. The average molecular weight is 412 g/mol. The van der Waals surface area contributed by atoms with E-state index >= 15 is 0 Å². The van der Waals surface area contributed by atoms with E-state index in [4.69, 9.17) is 11.6 Å². The Labute approximate surface area is 166 Å². The quantitative estimate of drug-likeness (QED) is 0.576. The molecule has 1 saturated heterocycles. The van der Waals surface area contributed by atoms with Crippen LogP contribution in [-0.2, 0) is 14.8 Å². The Morgan fingerprint density at radius 1 is 1.30 bits per heavy atom. The summed E-state index contributed by atoms with van der Waals surface area (Å²) in [5, 5.41) is 3.00. The normalized spacial score (nSPS) is 19.5. The van der Waals surface area contributed by atoms with Gasteiger partial charge in [-0.15, -0.1) is 0 Å². The van der Waals surface area contributed by atoms with Gasteiger partial charge in [-0.1, -0.05) is 23.3 Å². The van der Waals surface area contributed by atoms with Gasteiger partial charge in [-0.2, -0.15) is 4.31 Å². The highest BCUT2D eigenvalue weighted by Crippen LogP contribution is 2.27. The van der Waals surface area contributed by atoms with Gasteiger partial charge < -0.3 is 5.32 Å². The molecule has 2 aliphatic rings. The Morgan fingerprint density at radius 3 is 2.74 bits per heavy atom. The number of rotatable bonds is 6. The lowest BCUT2D eigenvalue weighted by atomic mass is 9.96. The first-order valence-corrected chi connectivity index (χ1v) is 11.4. The van der Waals surface area contributed by atoms with E-state index in [2.05, 4.69) is 16.4 Å². The molecule has 0 unspecified atom stereocenters. The molecule has 6 nitrogen and oxygen atoms in total. The summed E-state index contributed by atoms with van der Waals surface area (Å²) in [5.74, 6) is -0.107. The van der Waals surface area contributed by atoms with Crippen LogP contribution in [0.15, 0.2) is 34.9 Å². The summed E-state index contributed by atoms with van der Waals surface area (Å²) < 4.78 is 26.8. The molecule has 0 spiro atoms. The lowest BCUT2D eigenvalue weighted by molar-refractivity contribution is -0.126. The van der Waals surface area contributed by atoms with Crippen LogP contribution in [0.1, 0.15) is 44.9 Å². The van der Waals surface area contributed by atoms with Crippen molar-refractivity contribution >= 4 is 27.5 Å². The fourth-order valence-corrected chi connectivity index (χ4v) is 5.58. The van der Waals surface area contributed by atoms with E-state index < -0.39 is 10.0 Å². The minimum absolute atomic E-state index is 0.0191. The van der Waals surface area contributed by atoms with Crippen molar-refractivity contribution < 1.29 is 13.2 Å². The third-order valence-electron chi connectivity index (χ3n) is 5.30. The number of allylic oxidation sites excluding steroid dienone is 1. The monoisotopic (exact) mass is 411 g/mol. The number of halogens is 1. The SMILES string of the molecule is O=C(NCCC1=CCCCC1)C1CCN(S(=O)(=O)c2cccnc2Cl)CC1. The van der Waals surface area contributed by atoms with Crippen LogP contribution in [0.2, 0.25) is 5.15 Å². The number of aromatic nitrogens is 1. The molecule has 0 radical (unpaired) electrons. The van der Waals surface area contributed by atoms with E-state index in [9.17, 15) is 13.2 Å². The molecule has 1 amide bonds. The molecule has 0 atom stereocenters. The van der Waals surface area contributed by atoms with E-state index in [1.165, 1.54) is 35.0 Å². The molecule has 1 aliphatic carbocycles. The molecule has 1 aromatic rings. The van der Waals surface area contributed by atoms with Crippen molar-refractivity contribution in [3.63, 3.8) is 0 Å². The van der Waals surface area contributed by atoms with Crippen molar-refractivity contribution in [1.82, 2.24) is 14.6 Å². The molecule has 27 heavy (non-hydrogen) atoms. The zero-order chi connectivity index (χ0) is 19.3. The molecule has 3 rings (SSSR count). The van der Waals surface area contributed by atoms with Crippen LogP contribution >= 0.6 is 11.6 Å². The number of nitrogens with zero attached hydrogens (tertiary/aromatic N) is 2. The van der Waals surface area contributed by atoms with Crippen molar-refractivity contribution in [3.05, 3.63) is 35.1 Å². The van der Waals surface area contributed by atoms with Gasteiger partial charge in [0.25, 0.3) is 0 Å². The molecule has 0 aromatic carbocycles. The van der Waals surface area contributed by atoms with Crippen LogP contribution in [0.4, 0.5) is 0 Å². The fraction of sp³-hybridized carbons (Fsp3) is 0.579. The van der Waals surface area contributed by atoms with Gasteiger partial charge in [0.2, 0.25) is 15.9 Å². The molecule has 1 N–H and O–H groups in total. The van der Waals surface area contributed by atoms with Crippen molar-refractivity contribution in [2.24, 2.45) is 5.92 Å². The third-order valence-corrected chi connectivity index (χ3v) is 7.64. The minimum atomic E-state index is -3.67. The van der Waals surface area contributed by atoms with E-state index in [1.54, 1.807) is 6.07 Å². The highest BCUT2D eigenvalue weighted by molar-refractivity contribution is 7.89. The molecule has 1 aromatic heterocycles. The smallest absolute Gasteiger partial charge is 0.246 e. The minimum Gasteiger partial charge on any atom is -0.356 e. The second kappa shape index (κ2) is 9.17. The van der Waals surface area contributed by atoms with Gasteiger partial charge in [0.1, 0.15) is 10.0 Å².